The molecular weight excluding hydrogens is 158 g/mol. The topological polar surface area (TPSA) is 33.1 Å². The molecule has 1 rings (SSSR count). The molecule has 0 bridgehead atoms. The molecule has 1 N–H and O–H groups in total. The predicted molar refractivity (Wildman–Crippen MR) is 46.6 cm³/mol. The second kappa shape index (κ2) is 3.32. The van der Waals surface area contributed by atoms with Gasteiger partial charge in [-0.05, 0) is 12.8 Å². The summed E-state index contributed by atoms with van der Waals surface area (Å²) in [5, 5.41) is 12.7. The second-order valence-corrected chi connectivity index (χ2v) is 3.47. The Balaban J connectivity index is 2.87. The van der Waals surface area contributed by atoms with Crippen molar-refractivity contribution < 1.29 is 5.11 Å². The Bertz CT molecular complexity index is 204. The fraction of sp³-hybridized carbons (Fsp3) is 0.625. The fourth-order valence-corrected chi connectivity index (χ4v) is 1.89. The Kier molecular flexibility index (Phi) is 2.62. The molecule has 0 aliphatic rings. The molecule has 0 radical (unpaired) electrons. The molecule has 0 atom stereocenters. The minimum absolute atomic E-state index is 0.686. The molecular formula is C8H13NOS. The van der Waals surface area contributed by atoms with Crippen LogP contribution in [0.15, 0.2) is 11.6 Å². The van der Waals surface area contributed by atoms with Crippen LogP contribution in [0.3, 0.4) is 0 Å². The summed E-state index contributed by atoms with van der Waals surface area (Å²) in [6.07, 6.45) is 3.20. The molecule has 0 unspecified atom stereocenters. The number of hydrogen-bond donors (Lipinski definition) is 1. The van der Waals surface area contributed by atoms with Crippen LogP contribution in [0, 0.1) is 0 Å². The van der Waals surface area contributed by atoms with Crippen molar-refractivity contribution in [1.29, 1.82) is 0 Å². The molecule has 0 spiro atoms. The van der Waals surface area contributed by atoms with E-state index in [-0.39, 0.29) is 0 Å². The van der Waals surface area contributed by atoms with E-state index in [2.05, 4.69) is 4.98 Å². The van der Waals surface area contributed by atoms with Gasteiger partial charge >= 0.3 is 0 Å². The minimum atomic E-state index is -0.686. The highest BCUT2D eigenvalue weighted by molar-refractivity contribution is 7.09. The van der Waals surface area contributed by atoms with Gasteiger partial charge in [-0.25, -0.2) is 4.98 Å². The first-order valence-electron chi connectivity index (χ1n) is 3.85. The molecule has 62 valence electrons. The normalized spacial score (nSPS) is 11.9. The summed E-state index contributed by atoms with van der Waals surface area (Å²) in [5.74, 6) is 0. The molecule has 1 aromatic rings. The first-order valence-corrected chi connectivity index (χ1v) is 4.73. The van der Waals surface area contributed by atoms with Gasteiger partial charge in [-0.15, -0.1) is 11.3 Å². The maximum Gasteiger partial charge on any atom is 0.124 e. The Morgan fingerprint density at radius 1 is 1.55 bits per heavy atom. The SMILES string of the molecule is CCC(O)(CC)c1nccs1. The zero-order valence-electron chi connectivity index (χ0n) is 6.87. The summed E-state index contributed by atoms with van der Waals surface area (Å²) in [6.45, 7) is 3.95. The molecule has 3 heteroatoms. The van der Waals surface area contributed by atoms with Crippen LogP contribution in [0.2, 0.25) is 0 Å². The van der Waals surface area contributed by atoms with Gasteiger partial charge in [-0.3, -0.25) is 0 Å². The first-order chi connectivity index (χ1) is 5.23. The highest BCUT2D eigenvalue weighted by atomic mass is 32.1. The van der Waals surface area contributed by atoms with E-state index in [1.807, 2.05) is 19.2 Å². The van der Waals surface area contributed by atoms with Gasteiger partial charge in [0.1, 0.15) is 10.6 Å². The zero-order chi connectivity index (χ0) is 8.32. The molecule has 1 heterocycles. The number of aliphatic hydroxyl groups is 1. The fourth-order valence-electron chi connectivity index (χ4n) is 1.01. The lowest BCUT2D eigenvalue weighted by molar-refractivity contribution is 0.0281. The molecule has 1 aromatic heterocycles. The third kappa shape index (κ3) is 1.60. The number of thiazole rings is 1. The van der Waals surface area contributed by atoms with Gasteiger partial charge < -0.3 is 5.11 Å². The lowest BCUT2D eigenvalue weighted by Gasteiger charge is -2.21. The maximum absolute atomic E-state index is 9.94. The lowest BCUT2D eigenvalue weighted by Crippen LogP contribution is -2.22. The first kappa shape index (κ1) is 8.68. The smallest absolute Gasteiger partial charge is 0.124 e. The molecule has 11 heavy (non-hydrogen) atoms. The molecule has 0 saturated heterocycles. The lowest BCUT2D eigenvalue weighted by atomic mass is 9.99. The van der Waals surface area contributed by atoms with Gasteiger partial charge in [-0.1, -0.05) is 13.8 Å². The van der Waals surface area contributed by atoms with Crippen molar-refractivity contribution in [2.24, 2.45) is 0 Å². The van der Waals surface area contributed by atoms with E-state index in [1.165, 1.54) is 11.3 Å². The third-order valence-electron chi connectivity index (χ3n) is 2.00. The molecule has 0 saturated carbocycles. The number of rotatable bonds is 3. The van der Waals surface area contributed by atoms with Gasteiger partial charge in [0.15, 0.2) is 0 Å². The summed E-state index contributed by atoms with van der Waals surface area (Å²) in [4.78, 5) is 4.10. The summed E-state index contributed by atoms with van der Waals surface area (Å²) < 4.78 is 0. The number of hydrogen-bond acceptors (Lipinski definition) is 3. The average molecular weight is 171 g/mol. The van der Waals surface area contributed by atoms with Crippen LogP contribution in [0.25, 0.3) is 0 Å². The monoisotopic (exact) mass is 171 g/mol. The van der Waals surface area contributed by atoms with Gasteiger partial charge in [0.05, 0.1) is 0 Å². The Morgan fingerprint density at radius 3 is 2.55 bits per heavy atom. The van der Waals surface area contributed by atoms with Crippen LogP contribution in [-0.4, -0.2) is 10.1 Å². The van der Waals surface area contributed by atoms with Gasteiger partial charge in [0.2, 0.25) is 0 Å². The summed E-state index contributed by atoms with van der Waals surface area (Å²) in [6, 6.07) is 0. The van der Waals surface area contributed by atoms with Crippen molar-refractivity contribution in [3.8, 4) is 0 Å². The van der Waals surface area contributed by atoms with E-state index < -0.39 is 5.60 Å². The summed E-state index contributed by atoms with van der Waals surface area (Å²) >= 11 is 1.52. The predicted octanol–water partition coefficient (Wildman–Crippen LogP) is 2.15. The van der Waals surface area contributed by atoms with Crippen LogP contribution in [0.5, 0.6) is 0 Å². The van der Waals surface area contributed by atoms with E-state index in [1.54, 1.807) is 6.20 Å². The molecule has 0 amide bonds. The molecule has 0 fully saturated rings. The van der Waals surface area contributed by atoms with Gasteiger partial charge in [-0.2, -0.15) is 0 Å². The van der Waals surface area contributed by atoms with Crippen LogP contribution < -0.4 is 0 Å². The van der Waals surface area contributed by atoms with Gasteiger partial charge in [0, 0.05) is 11.6 Å². The van der Waals surface area contributed by atoms with Crippen molar-refractivity contribution in [1.82, 2.24) is 4.98 Å². The quantitative estimate of drug-likeness (QED) is 0.756. The second-order valence-electron chi connectivity index (χ2n) is 2.58. The summed E-state index contributed by atoms with van der Waals surface area (Å²) in [7, 11) is 0. The maximum atomic E-state index is 9.94. The Hall–Kier alpha value is -0.410. The van der Waals surface area contributed by atoms with Crippen molar-refractivity contribution in [3.05, 3.63) is 16.6 Å². The standard InChI is InChI=1S/C8H13NOS/c1-3-8(10,4-2)7-9-5-6-11-7/h5-6,10H,3-4H2,1-2H3. The highest BCUT2D eigenvalue weighted by Gasteiger charge is 2.26. The van der Waals surface area contributed by atoms with E-state index >= 15 is 0 Å². The van der Waals surface area contributed by atoms with E-state index in [9.17, 15) is 5.11 Å². The molecule has 2 nitrogen and oxygen atoms in total. The van der Waals surface area contributed by atoms with Crippen molar-refractivity contribution in [3.63, 3.8) is 0 Å². The van der Waals surface area contributed by atoms with Crippen LogP contribution in [0.4, 0.5) is 0 Å². The molecule has 0 aliphatic carbocycles. The van der Waals surface area contributed by atoms with Crippen molar-refractivity contribution >= 4 is 11.3 Å². The van der Waals surface area contributed by atoms with Gasteiger partial charge in [0.25, 0.3) is 0 Å². The summed E-state index contributed by atoms with van der Waals surface area (Å²) in [5.41, 5.74) is -0.686. The highest BCUT2D eigenvalue weighted by Crippen LogP contribution is 2.29. The molecule has 0 aliphatic heterocycles. The van der Waals surface area contributed by atoms with Crippen LogP contribution >= 0.6 is 11.3 Å². The molecule has 0 aromatic carbocycles. The van der Waals surface area contributed by atoms with Crippen molar-refractivity contribution in [2.45, 2.75) is 32.3 Å². The largest absolute Gasteiger partial charge is 0.383 e. The van der Waals surface area contributed by atoms with Crippen LogP contribution in [0.1, 0.15) is 31.7 Å². The van der Waals surface area contributed by atoms with Crippen LogP contribution in [-0.2, 0) is 5.60 Å². The Morgan fingerprint density at radius 2 is 2.18 bits per heavy atom. The zero-order valence-corrected chi connectivity index (χ0v) is 7.69. The Labute approximate surface area is 70.9 Å². The number of aromatic nitrogens is 1. The van der Waals surface area contributed by atoms with Crippen molar-refractivity contribution in [2.75, 3.05) is 0 Å². The third-order valence-corrected chi connectivity index (χ3v) is 2.97. The van der Waals surface area contributed by atoms with E-state index in [0.29, 0.717) is 0 Å². The minimum Gasteiger partial charge on any atom is -0.383 e. The average Bonchev–Trinajstić information content (AvgIpc) is 2.55. The number of nitrogens with zero attached hydrogens (tertiary/aromatic N) is 1. The van der Waals surface area contributed by atoms with E-state index in [4.69, 9.17) is 0 Å². The van der Waals surface area contributed by atoms with E-state index in [0.717, 1.165) is 17.8 Å².